The third kappa shape index (κ3) is 4.37. The first-order valence-electron chi connectivity index (χ1n) is 10.9. The Labute approximate surface area is 195 Å². The Hall–Kier alpha value is -3.75. The number of alkyl halides is 3. The van der Waals surface area contributed by atoms with Crippen LogP contribution in [0.25, 0.3) is 22.3 Å². The van der Waals surface area contributed by atoms with Crippen LogP contribution < -0.4 is 4.90 Å². The molecule has 6 nitrogen and oxygen atoms in total. The summed E-state index contributed by atoms with van der Waals surface area (Å²) in [5.41, 5.74) is 3.61. The molecule has 0 unspecified atom stereocenters. The first-order valence-corrected chi connectivity index (χ1v) is 10.9. The van der Waals surface area contributed by atoms with Gasteiger partial charge in [0.15, 0.2) is 0 Å². The van der Waals surface area contributed by atoms with Crippen molar-refractivity contribution in [1.82, 2.24) is 19.7 Å². The largest absolute Gasteiger partial charge is 0.433 e. The van der Waals surface area contributed by atoms with Gasteiger partial charge in [0, 0.05) is 31.0 Å². The number of nitrogens with zero attached hydrogens (tertiary/aromatic N) is 5. The molecular formula is C25H24F3N5O. The van der Waals surface area contributed by atoms with Crippen LogP contribution in [0.15, 0.2) is 48.7 Å². The Balaban J connectivity index is 1.66. The number of pyridine rings is 2. The Bertz CT molecular complexity index is 1380. The summed E-state index contributed by atoms with van der Waals surface area (Å²) in [6.45, 7) is 6.17. The van der Waals surface area contributed by atoms with Crippen LogP contribution in [-0.4, -0.2) is 32.7 Å². The van der Waals surface area contributed by atoms with Gasteiger partial charge in [0.05, 0.1) is 16.7 Å². The molecule has 0 spiro atoms. The van der Waals surface area contributed by atoms with E-state index in [2.05, 4.69) is 15.1 Å². The molecule has 1 aromatic carbocycles. The van der Waals surface area contributed by atoms with E-state index in [-0.39, 0.29) is 11.4 Å². The maximum Gasteiger partial charge on any atom is 0.433 e. The van der Waals surface area contributed by atoms with Crippen molar-refractivity contribution in [2.24, 2.45) is 0 Å². The monoisotopic (exact) mass is 467 g/mol. The minimum Gasteiger partial charge on any atom is -0.310 e. The van der Waals surface area contributed by atoms with Crippen LogP contribution in [0.1, 0.15) is 40.7 Å². The molecule has 9 heteroatoms. The second kappa shape index (κ2) is 8.89. The maximum atomic E-state index is 13.1. The molecule has 3 heterocycles. The molecule has 0 aliphatic heterocycles. The summed E-state index contributed by atoms with van der Waals surface area (Å²) in [5, 5.41) is 4.22. The van der Waals surface area contributed by atoms with Crippen LogP contribution in [0.4, 0.5) is 18.9 Å². The molecule has 0 atom stereocenters. The van der Waals surface area contributed by atoms with E-state index < -0.39 is 11.9 Å². The number of aryl methyl sites for hydroxylation is 3. The number of halogens is 3. The zero-order valence-electron chi connectivity index (χ0n) is 19.3. The van der Waals surface area contributed by atoms with Gasteiger partial charge in [0.2, 0.25) is 0 Å². The van der Waals surface area contributed by atoms with Crippen molar-refractivity contribution in [3.63, 3.8) is 0 Å². The van der Waals surface area contributed by atoms with Crippen LogP contribution in [0.2, 0.25) is 0 Å². The van der Waals surface area contributed by atoms with E-state index in [1.807, 2.05) is 32.0 Å². The molecule has 0 aliphatic rings. The van der Waals surface area contributed by atoms with Gasteiger partial charge >= 0.3 is 6.18 Å². The lowest BCUT2D eigenvalue weighted by Crippen LogP contribution is -2.29. The summed E-state index contributed by atoms with van der Waals surface area (Å²) in [5.74, 6) is -0.159. The maximum absolute atomic E-state index is 13.1. The summed E-state index contributed by atoms with van der Waals surface area (Å²) in [4.78, 5) is 22.9. The highest BCUT2D eigenvalue weighted by atomic mass is 19.4. The van der Waals surface area contributed by atoms with Gasteiger partial charge in [-0.15, -0.1) is 0 Å². The first-order chi connectivity index (χ1) is 16.1. The van der Waals surface area contributed by atoms with E-state index in [4.69, 9.17) is 0 Å². The minimum absolute atomic E-state index is 0.159. The molecule has 4 aromatic rings. The summed E-state index contributed by atoms with van der Waals surface area (Å²) < 4.78 is 40.9. The average molecular weight is 467 g/mol. The van der Waals surface area contributed by atoms with Crippen molar-refractivity contribution in [2.45, 2.75) is 39.9 Å². The molecule has 4 rings (SSSR count). The molecule has 0 aliphatic carbocycles. The fourth-order valence-electron chi connectivity index (χ4n) is 3.95. The highest BCUT2D eigenvalue weighted by Crippen LogP contribution is 2.32. The molecule has 176 valence electrons. The van der Waals surface area contributed by atoms with E-state index in [0.29, 0.717) is 29.0 Å². The molecule has 0 saturated carbocycles. The quantitative estimate of drug-likeness (QED) is 0.371. The Morgan fingerprint density at radius 3 is 2.47 bits per heavy atom. The lowest BCUT2D eigenvalue weighted by Gasteiger charge is -2.20. The third-order valence-electron chi connectivity index (χ3n) is 5.66. The molecule has 1 amide bonds. The second-order valence-electron chi connectivity index (χ2n) is 8.19. The van der Waals surface area contributed by atoms with Gasteiger partial charge in [-0.2, -0.15) is 18.3 Å². The summed E-state index contributed by atoms with van der Waals surface area (Å²) >= 11 is 0. The number of amides is 1. The number of rotatable bonds is 5. The van der Waals surface area contributed by atoms with Crippen LogP contribution in [0.5, 0.6) is 0 Å². The van der Waals surface area contributed by atoms with E-state index in [9.17, 15) is 18.0 Å². The average Bonchev–Trinajstić information content (AvgIpc) is 3.25. The van der Waals surface area contributed by atoms with E-state index in [0.717, 1.165) is 29.3 Å². The third-order valence-corrected chi connectivity index (χ3v) is 5.66. The lowest BCUT2D eigenvalue weighted by atomic mass is 10.0. The van der Waals surface area contributed by atoms with Crippen LogP contribution in [-0.2, 0) is 12.7 Å². The first kappa shape index (κ1) is 23.4. The van der Waals surface area contributed by atoms with Crippen LogP contribution >= 0.6 is 0 Å². The van der Waals surface area contributed by atoms with Crippen molar-refractivity contribution < 1.29 is 18.0 Å². The molecule has 0 saturated heterocycles. The van der Waals surface area contributed by atoms with E-state index in [1.165, 1.54) is 0 Å². The molecule has 3 aromatic heterocycles. The number of carbonyl (C=O) groups excluding carboxylic acids is 1. The zero-order chi connectivity index (χ0) is 24.6. The number of hydrogen-bond acceptors (Lipinski definition) is 4. The fourth-order valence-corrected chi connectivity index (χ4v) is 3.95. The van der Waals surface area contributed by atoms with Crippen LogP contribution in [0, 0.1) is 13.8 Å². The lowest BCUT2D eigenvalue weighted by molar-refractivity contribution is -0.141. The van der Waals surface area contributed by atoms with Gasteiger partial charge in [-0.25, -0.2) is 9.97 Å². The van der Waals surface area contributed by atoms with Gasteiger partial charge in [0.25, 0.3) is 5.91 Å². The standard InChI is InChI=1S/C25H24F3N5O/c1-5-12-33-21(10-11-29-33)24(34)32(4)20-9-6-17(13-15(20)2)18-7-8-19-23(31-18)16(3)14-22(30-19)25(26,27)28/h6-11,13-14H,5,12H2,1-4H3. The number of carbonyl (C=O) groups is 1. The highest BCUT2D eigenvalue weighted by Gasteiger charge is 2.33. The zero-order valence-corrected chi connectivity index (χ0v) is 19.3. The highest BCUT2D eigenvalue weighted by molar-refractivity contribution is 6.05. The van der Waals surface area contributed by atoms with Gasteiger partial charge in [-0.05, 0) is 67.8 Å². The predicted molar refractivity (Wildman–Crippen MR) is 125 cm³/mol. The van der Waals surface area contributed by atoms with Crippen molar-refractivity contribution in [1.29, 1.82) is 0 Å². The van der Waals surface area contributed by atoms with E-state index >= 15 is 0 Å². The van der Waals surface area contributed by atoms with Gasteiger partial charge in [-0.1, -0.05) is 13.0 Å². The fraction of sp³-hybridized carbons (Fsp3) is 0.280. The molecule has 34 heavy (non-hydrogen) atoms. The second-order valence-corrected chi connectivity index (χ2v) is 8.19. The Kier molecular flexibility index (Phi) is 6.12. The smallest absolute Gasteiger partial charge is 0.310 e. The van der Waals surface area contributed by atoms with Gasteiger partial charge < -0.3 is 4.90 Å². The Morgan fingerprint density at radius 1 is 1.03 bits per heavy atom. The molecule has 0 fully saturated rings. The predicted octanol–water partition coefficient (Wildman–Crippen LogP) is 5.82. The van der Waals surface area contributed by atoms with Crippen molar-refractivity contribution in [3.8, 4) is 11.3 Å². The van der Waals surface area contributed by atoms with Crippen LogP contribution in [0.3, 0.4) is 0 Å². The normalized spacial score (nSPS) is 11.7. The van der Waals surface area contributed by atoms with Crippen molar-refractivity contribution in [2.75, 3.05) is 11.9 Å². The van der Waals surface area contributed by atoms with Crippen molar-refractivity contribution >= 4 is 22.6 Å². The Morgan fingerprint density at radius 2 is 1.79 bits per heavy atom. The number of fused-ring (bicyclic) bond motifs is 1. The number of hydrogen-bond donors (Lipinski definition) is 0. The minimum atomic E-state index is -4.51. The van der Waals surface area contributed by atoms with Gasteiger partial charge in [0.1, 0.15) is 11.4 Å². The summed E-state index contributed by atoms with van der Waals surface area (Å²) in [6, 6.07) is 11.5. The van der Waals surface area contributed by atoms with Gasteiger partial charge in [-0.3, -0.25) is 9.48 Å². The van der Waals surface area contributed by atoms with Crippen molar-refractivity contribution in [3.05, 3.63) is 71.2 Å². The molecule has 0 radical (unpaired) electrons. The molecule has 0 N–H and O–H groups in total. The molecular weight excluding hydrogens is 443 g/mol. The number of benzene rings is 1. The number of anilines is 1. The topological polar surface area (TPSA) is 63.9 Å². The SMILES string of the molecule is CCCn1nccc1C(=O)N(C)c1ccc(-c2ccc3nc(C(F)(F)F)cc(C)c3n2)cc1C. The summed E-state index contributed by atoms with van der Waals surface area (Å²) in [6.07, 6.45) is -2.03. The molecule has 0 bridgehead atoms. The van der Waals surface area contributed by atoms with E-state index in [1.54, 1.807) is 47.9 Å². The number of aromatic nitrogens is 4. The summed E-state index contributed by atoms with van der Waals surface area (Å²) in [7, 11) is 1.72.